The Kier molecular flexibility index (Phi) is 7.15. The number of rotatable bonds is 5. The molecule has 1 aromatic carbocycles. The second kappa shape index (κ2) is 10.3. The van der Waals surface area contributed by atoms with Gasteiger partial charge in [0.15, 0.2) is 11.2 Å². The molecule has 4 rings (SSSR count). The topological polar surface area (TPSA) is 144 Å². The molecule has 11 nitrogen and oxygen atoms in total. The first-order valence-electron chi connectivity index (χ1n) is 11.3. The fraction of sp³-hybridized carbons (Fsp3) is 0.375. The molecule has 2 aromatic heterocycles. The summed E-state index contributed by atoms with van der Waals surface area (Å²) in [6.07, 6.45) is 1.78. The molecule has 0 aliphatic carbocycles. The zero-order chi connectivity index (χ0) is 26.0. The van der Waals surface area contributed by atoms with E-state index in [1.54, 1.807) is 11.5 Å². The maximum atomic E-state index is 13.5. The number of nitriles is 1. The van der Waals surface area contributed by atoms with Gasteiger partial charge in [-0.1, -0.05) is 17.5 Å². The number of hydrogen-bond acceptors (Lipinski definition) is 7. The Balaban J connectivity index is 1.78. The van der Waals surface area contributed by atoms with Crippen LogP contribution in [0.4, 0.5) is 11.6 Å². The quantitative estimate of drug-likeness (QED) is 0.489. The average Bonchev–Trinajstić information content (AvgIpc) is 3.23. The molecular formula is C24H25ClN8O3. The minimum absolute atomic E-state index is 0.0264. The van der Waals surface area contributed by atoms with Crippen LogP contribution in [0.15, 0.2) is 27.8 Å². The van der Waals surface area contributed by atoms with Crippen molar-refractivity contribution < 1.29 is 4.79 Å². The Morgan fingerprint density at radius 1 is 1.31 bits per heavy atom. The summed E-state index contributed by atoms with van der Waals surface area (Å²) < 4.78 is 3.79. The number of nitrogens with one attached hydrogen (secondary N) is 1. The van der Waals surface area contributed by atoms with Crippen molar-refractivity contribution in [3.8, 4) is 17.9 Å². The monoisotopic (exact) mass is 508 g/mol. The van der Waals surface area contributed by atoms with Gasteiger partial charge in [0.25, 0.3) is 5.56 Å². The lowest BCUT2D eigenvalue weighted by atomic mass is 10.1. The van der Waals surface area contributed by atoms with E-state index in [1.165, 1.54) is 29.8 Å². The number of carbonyl (C=O) groups is 1. The van der Waals surface area contributed by atoms with E-state index in [-0.39, 0.29) is 40.0 Å². The lowest BCUT2D eigenvalue weighted by molar-refractivity contribution is -0.116. The summed E-state index contributed by atoms with van der Waals surface area (Å²) in [5.41, 5.74) is 5.76. The third-order valence-electron chi connectivity index (χ3n) is 5.98. The zero-order valence-corrected chi connectivity index (χ0v) is 20.7. The van der Waals surface area contributed by atoms with Crippen LogP contribution in [0.2, 0.25) is 5.02 Å². The third-order valence-corrected chi connectivity index (χ3v) is 6.20. The van der Waals surface area contributed by atoms with Gasteiger partial charge in [-0.25, -0.2) is 9.36 Å². The maximum Gasteiger partial charge on any atom is 0.332 e. The van der Waals surface area contributed by atoms with Gasteiger partial charge < -0.3 is 16.0 Å². The number of carbonyl (C=O) groups excluding carboxylic acids is 1. The van der Waals surface area contributed by atoms with Crippen LogP contribution >= 0.6 is 11.6 Å². The summed E-state index contributed by atoms with van der Waals surface area (Å²) in [6.45, 7) is 2.63. The molecule has 3 N–H and O–H groups in total. The Morgan fingerprint density at radius 3 is 2.78 bits per heavy atom. The van der Waals surface area contributed by atoms with Crippen molar-refractivity contribution in [2.45, 2.75) is 38.9 Å². The highest BCUT2D eigenvalue weighted by molar-refractivity contribution is 6.31. The highest BCUT2D eigenvalue weighted by Crippen LogP contribution is 2.23. The lowest BCUT2D eigenvalue weighted by Gasteiger charge is -2.31. The molecule has 1 aliphatic heterocycles. The Bertz CT molecular complexity index is 1570. The highest BCUT2D eigenvalue weighted by atomic mass is 35.5. The van der Waals surface area contributed by atoms with E-state index in [4.69, 9.17) is 22.6 Å². The summed E-state index contributed by atoms with van der Waals surface area (Å²) in [5, 5.41) is 12.0. The van der Waals surface area contributed by atoms with Gasteiger partial charge in [-0.2, -0.15) is 10.2 Å². The van der Waals surface area contributed by atoms with E-state index >= 15 is 0 Å². The predicted octanol–water partition coefficient (Wildman–Crippen LogP) is 1.01. The number of halogens is 1. The Hall–Kier alpha value is -4.06. The lowest BCUT2D eigenvalue weighted by Crippen LogP contribution is -2.44. The molecule has 1 atom stereocenters. The number of benzene rings is 1. The first-order valence-corrected chi connectivity index (χ1v) is 11.7. The van der Waals surface area contributed by atoms with Gasteiger partial charge in [0, 0.05) is 36.9 Å². The highest BCUT2D eigenvalue weighted by Gasteiger charge is 2.26. The molecular weight excluding hydrogens is 484 g/mol. The smallest absolute Gasteiger partial charge is 0.332 e. The number of hydrogen-bond donors (Lipinski definition) is 2. The predicted molar refractivity (Wildman–Crippen MR) is 137 cm³/mol. The molecule has 0 saturated carbocycles. The third kappa shape index (κ3) is 4.85. The summed E-state index contributed by atoms with van der Waals surface area (Å²) >= 11 is 6.00. The fourth-order valence-corrected chi connectivity index (χ4v) is 4.55. The van der Waals surface area contributed by atoms with E-state index in [0.717, 1.165) is 17.4 Å². The fourth-order valence-electron chi connectivity index (χ4n) is 4.31. The number of nitrogens with zero attached hydrogens (tertiary/aromatic N) is 6. The van der Waals surface area contributed by atoms with Crippen LogP contribution in [-0.4, -0.2) is 43.7 Å². The molecule has 12 heteroatoms. The number of anilines is 2. The second-order valence-corrected chi connectivity index (χ2v) is 9.00. The van der Waals surface area contributed by atoms with Gasteiger partial charge in [0.2, 0.25) is 11.9 Å². The van der Waals surface area contributed by atoms with Crippen molar-refractivity contribution in [2.75, 3.05) is 23.3 Å². The number of amides is 1. The van der Waals surface area contributed by atoms with Gasteiger partial charge in [0.05, 0.1) is 18.2 Å². The van der Waals surface area contributed by atoms with Crippen LogP contribution in [0.25, 0.3) is 11.2 Å². The van der Waals surface area contributed by atoms with Crippen molar-refractivity contribution in [2.24, 2.45) is 12.8 Å². The molecule has 1 unspecified atom stereocenters. The first-order chi connectivity index (χ1) is 17.2. The van der Waals surface area contributed by atoms with E-state index in [2.05, 4.69) is 22.1 Å². The minimum atomic E-state index is -0.681. The van der Waals surface area contributed by atoms with E-state index < -0.39 is 23.7 Å². The van der Waals surface area contributed by atoms with Crippen molar-refractivity contribution in [1.29, 1.82) is 5.26 Å². The van der Waals surface area contributed by atoms with Crippen molar-refractivity contribution >= 4 is 40.3 Å². The van der Waals surface area contributed by atoms with Crippen molar-refractivity contribution in [1.82, 2.24) is 18.7 Å². The molecule has 3 aromatic rings. The van der Waals surface area contributed by atoms with E-state index in [9.17, 15) is 14.4 Å². The minimum Gasteiger partial charge on any atom is -0.341 e. The molecule has 0 radical (unpaired) electrons. The number of aryl methyl sites for hydroxylation is 1. The first kappa shape index (κ1) is 25.0. The van der Waals surface area contributed by atoms with Gasteiger partial charge >= 0.3 is 5.69 Å². The summed E-state index contributed by atoms with van der Waals surface area (Å²) in [6, 6.07) is 6.30. The largest absolute Gasteiger partial charge is 0.341 e. The van der Waals surface area contributed by atoms with Gasteiger partial charge in [0.1, 0.15) is 6.54 Å². The molecule has 36 heavy (non-hydrogen) atoms. The van der Waals surface area contributed by atoms with Crippen LogP contribution in [0, 0.1) is 23.2 Å². The molecule has 1 amide bonds. The molecule has 1 fully saturated rings. The van der Waals surface area contributed by atoms with E-state index in [0.29, 0.717) is 19.0 Å². The van der Waals surface area contributed by atoms with E-state index in [1.807, 2.05) is 11.0 Å². The standard InChI is InChI=1S/C24H25ClN8O3/c1-3-4-8-32-20-21(29-23(32)31-7-5-6-17(27)13-31)30(2)24(36)33(22(20)35)14-19(34)28-18-10-15(12-26)9-16(25)11-18/h9-11,17H,5-8,13-14,27H2,1-2H3,(H,28,34). The molecule has 1 aliphatic rings. The number of imidazole rings is 1. The van der Waals surface area contributed by atoms with Gasteiger partial charge in [-0.3, -0.25) is 18.7 Å². The Morgan fingerprint density at radius 2 is 2.08 bits per heavy atom. The SMILES string of the molecule is CC#CCn1c(N2CCCC(N)C2)nc2c1c(=O)n(CC(=O)Nc1cc(Cl)cc(C#N)c1)c(=O)n2C. The summed E-state index contributed by atoms with van der Waals surface area (Å²) in [7, 11) is 1.50. The molecule has 3 heterocycles. The van der Waals surface area contributed by atoms with Gasteiger partial charge in [-0.05, 0) is 38.0 Å². The molecule has 0 bridgehead atoms. The van der Waals surface area contributed by atoms with Crippen molar-refractivity contribution in [3.05, 3.63) is 49.6 Å². The molecule has 186 valence electrons. The van der Waals surface area contributed by atoms with Gasteiger partial charge in [-0.15, -0.1) is 5.92 Å². The maximum absolute atomic E-state index is 13.5. The van der Waals surface area contributed by atoms with Crippen LogP contribution < -0.4 is 27.2 Å². The summed E-state index contributed by atoms with van der Waals surface area (Å²) in [4.78, 5) is 46.0. The van der Waals surface area contributed by atoms with Crippen LogP contribution in [-0.2, 0) is 24.9 Å². The van der Waals surface area contributed by atoms with Crippen LogP contribution in [0.3, 0.4) is 0 Å². The second-order valence-electron chi connectivity index (χ2n) is 8.57. The Labute approximate surface area is 211 Å². The number of fused-ring (bicyclic) bond motifs is 1. The summed E-state index contributed by atoms with van der Waals surface area (Å²) in [5.74, 6) is 5.68. The van der Waals surface area contributed by atoms with Crippen LogP contribution in [0.5, 0.6) is 0 Å². The molecule has 1 saturated heterocycles. The zero-order valence-electron chi connectivity index (χ0n) is 19.9. The van der Waals surface area contributed by atoms with Crippen molar-refractivity contribution in [3.63, 3.8) is 0 Å². The number of nitrogens with two attached hydrogens (primary N) is 1. The van der Waals surface area contributed by atoms with Crippen LogP contribution in [0.1, 0.15) is 25.3 Å². The average molecular weight is 509 g/mol. The normalized spacial score (nSPS) is 15.3. The number of aromatic nitrogens is 4. The molecule has 0 spiro atoms. The number of piperidine rings is 1.